The SMILES string of the molecule is CCOC(=O)c1cc(Cl)ccc1CBr. The standard InChI is InChI=1S/C10H10BrClO2/c1-2-14-10(13)9-5-8(12)4-3-7(9)6-11/h3-5H,2,6H2,1H3. The average Bonchev–Trinajstić information content (AvgIpc) is 2.18. The van der Waals surface area contributed by atoms with E-state index < -0.39 is 0 Å². The van der Waals surface area contributed by atoms with Gasteiger partial charge in [0.25, 0.3) is 0 Å². The molecule has 0 saturated heterocycles. The van der Waals surface area contributed by atoms with Gasteiger partial charge in [-0.25, -0.2) is 4.79 Å². The fraction of sp³-hybridized carbons (Fsp3) is 0.300. The minimum absolute atomic E-state index is 0.329. The Balaban J connectivity index is 3.03. The summed E-state index contributed by atoms with van der Waals surface area (Å²) in [6, 6.07) is 5.18. The van der Waals surface area contributed by atoms with Crippen molar-refractivity contribution in [2.24, 2.45) is 0 Å². The minimum Gasteiger partial charge on any atom is -0.462 e. The van der Waals surface area contributed by atoms with Crippen molar-refractivity contribution < 1.29 is 9.53 Å². The molecule has 0 radical (unpaired) electrons. The molecule has 2 nitrogen and oxygen atoms in total. The van der Waals surface area contributed by atoms with E-state index in [0.717, 1.165) is 5.56 Å². The van der Waals surface area contributed by atoms with E-state index >= 15 is 0 Å². The highest BCUT2D eigenvalue weighted by molar-refractivity contribution is 9.08. The second-order valence-electron chi connectivity index (χ2n) is 2.66. The lowest BCUT2D eigenvalue weighted by Gasteiger charge is -2.06. The van der Waals surface area contributed by atoms with E-state index in [9.17, 15) is 4.79 Å². The summed E-state index contributed by atoms with van der Waals surface area (Å²) in [7, 11) is 0. The van der Waals surface area contributed by atoms with Crippen molar-refractivity contribution in [3.05, 3.63) is 34.3 Å². The summed E-state index contributed by atoms with van der Waals surface area (Å²) in [4.78, 5) is 11.5. The zero-order valence-electron chi connectivity index (χ0n) is 7.72. The fourth-order valence-electron chi connectivity index (χ4n) is 1.06. The summed E-state index contributed by atoms with van der Waals surface area (Å²) in [6.45, 7) is 2.14. The number of carbonyl (C=O) groups excluding carboxylic acids is 1. The van der Waals surface area contributed by atoms with Crippen LogP contribution in [0.25, 0.3) is 0 Å². The number of ether oxygens (including phenoxy) is 1. The van der Waals surface area contributed by atoms with Gasteiger partial charge in [-0.3, -0.25) is 0 Å². The molecule has 0 unspecified atom stereocenters. The molecule has 0 amide bonds. The molecule has 1 aromatic rings. The molecule has 0 saturated carbocycles. The lowest BCUT2D eigenvalue weighted by Crippen LogP contribution is -2.07. The summed E-state index contributed by atoms with van der Waals surface area (Å²) in [6.07, 6.45) is 0. The summed E-state index contributed by atoms with van der Waals surface area (Å²) >= 11 is 9.10. The van der Waals surface area contributed by atoms with Gasteiger partial charge < -0.3 is 4.74 Å². The van der Waals surface area contributed by atoms with Gasteiger partial charge in [-0.05, 0) is 24.6 Å². The highest BCUT2D eigenvalue weighted by atomic mass is 79.9. The van der Waals surface area contributed by atoms with Crippen LogP contribution in [0.4, 0.5) is 0 Å². The molecule has 0 aliphatic heterocycles. The predicted molar refractivity (Wildman–Crippen MR) is 60.0 cm³/mol. The Morgan fingerprint density at radius 1 is 1.57 bits per heavy atom. The van der Waals surface area contributed by atoms with Crippen LogP contribution >= 0.6 is 27.5 Å². The number of halogens is 2. The first-order chi connectivity index (χ1) is 6.69. The maximum Gasteiger partial charge on any atom is 0.338 e. The number of hydrogen-bond acceptors (Lipinski definition) is 2. The maximum atomic E-state index is 11.5. The Hall–Kier alpha value is -0.540. The summed E-state index contributed by atoms with van der Waals surface area (Å²) in [5.74, 6) is -0.329. The number of benzene rings is 1. The van der Waals surface area contributed by atoms with Crippen LogP contribution in [0.5, 0.6) is 0 Å². The first kappa shape index (κ1) is 11.5. The summed E-state index contributed by atoms with van der Waals surface area (Å²) in [5.41, 5.74) is 1.41. The molecule has 0 atom stereocenters. The van der Waals surface area contributed by atoms with E-state index in [0.29, 0.717) is 22.5 Å². The van der Waals surface area contributed by atoms with E-state index in [1.165, 1.54) is 0 Å². The molecule has 4 heteroatoms. The van der Waals surface area contributed by atoms with Crippen molar-refractivity contribution in [3.63, 3.8) is 0 Å². The highest BCUT2D eigenvalue weighted by Crippen LogP contribution is 2.19. The average molecular weight is 278 g/mol. The van der Waals surface area contributed by atoms with E-state index in [1.54, 1.807) is 19.1 Å². The molecule has 0 bridgehead atoms. The lowest BCUT2D eigenvalue weighted by atomic mass is 10.1. The van der Waals surface area contributed by atoms with Crippen LogP contribution in [0.2, 0.25) is 5.02 Å². The van der Waals surface area contributed by atoms with Gasteiger partial charge >= 0.3 is 5.97 Å². The number of esters is 1. The van der Waals surface area contributed by atoms with Gasteiger partial charge in [0.15, 0.2) is 0 Å². The molecular weight excluding hydrogens is 267 g/mol. The Bertz CT molecular complexity index is 339. The first-order valence-corrected chi connectivity index (χ1v) is 5.70. The van der Waals surface area contributed by atoms with Crippen LogP contribution in [0.3, 0.4) is 0 Å². The molecule has 0 aliphatic carbocycles. The van der Waals surface area contributed by atoms with E-state index in [4.69, 9.17) is 16.3 Å². The van der Waals surface area contributed by atoms with Crippen molar-refractivity contribution >= 4 is 33.5 Å². The molecule has 0 heterocycles. The molecule has 0 fully saturated rings. The van der Waals surface area contributed by atoms with Gasteiger partial charge in [-0.2, -0.15) is 0 Å². The Morgan fingerprint density at radius 3 is 2.86 bits per heavy atom. The monoisotopic (exact) mass is 276 g/mol. The number of carbonyl (C=O) groups is 1. The van der Waals surface area contributed by atoms with Gasteiger partial charge in [-0.15, -0.1) is 0 Å². The molecule has 14 heavy (non-hydrogen) atoms. The van der Waals surface area contributed by atoms with Crippen molar-refractivity contribution in [2.75, 3.05) is 6.61 Å². The van der Waals surface area contributed by atoms with Crippen LogP contribution in [-0.2, 0) is 10.1 Å². The van der Waals surface area contributed by atoms with E-state index in [2.05, 4.69) is 15.9 Å². The topological polar surface area (TPSA) is 26.3 Å². The Labute approximate surface area is 96.3 Å². The zero-order chi connectivity index (χ0) is 10.6. The third kappa shape index (κ3) is 2.72. The molecule has 0 spiro atoms. The van der Waals surface area contributed by atoms with Gasteiger partial charge in [0, 0.05) is 10.4 Å². The molecular formula is C10H10BrClO2. The number of alkyl halides is 1. The largest absolute Gasteiger partial charge is 0.462 e. The quantitative estimate of drug-likeness (QED) is 0.625. The van der Waals surface area contributed by atoms with Crippen LogP contribution in [0.1, 0.15) is 22.8 Å². The molecule has 0 aromatic heterocycles. The van der Waals surface area contributed by atoms with E-state index in [1.807, 2.05) is 6.07 Å². The van der Waals surface area contributed by atoms with Gasteiger partial charge in [0.2, 0.25) is 0 Å². The molecule has 76 valence electrons. The van der Waals surface area contributed by atoms with Gasteiger partial charge in [0.1, 0.15) is 0 Å². The fourth-order valence-corrected chi connectivity index (χ4v) is 1.73. The van der Waals surface area contributed by atoms with Crippen LogP contribution in [-0.4, -0.2) is 12.6 Å². The molecule has 0 aliphatic rings. The van der Waals surface area contributed by atoms with E-state index in [-0.39, 0.29) is 5.97 Å². The Morgan fingerprint density at radius 2 is 2.29 bits per heavy atom. The van der Waals surface area contributed by atoms with Crippen molar-refractivity contribution in [1.29, 1.82) is 0 Å². The third-order valence-electron chi connectivity index (χ3n) is 1.71. The van der Waals surface area contributed by atoms with Crippen LogP contribution in [0.15, 0.2) is 18.2 Å². The smallest absolute Gasteiger partial charge is 0.338 e. The molecule has 0 N–H and O–H groups in total. The van der Waals surface area contributed by atoms with Gasteiger partial charge in [-0.1, -0.05) is 33.6 Å². The zero-order valence-corrected chi connectivity index (χ0v) is 10.1. The van der Waals surface area contributed by atoms with Gasteiger partial charge in [0.05, 0.1) is 12.2 Å². The molecule has 1 aromatic carbocycles. The lowest BCUT2D eigenvalue weighted by molar-refractivity contribution is 0.0525. The second kappa shape index (κ2) is 5.37. The van der Waals surface area contributed by atoms with Crippen molar-refractivity contribution in [3.8, 4) is 0 Å². The summed E-state index contributed by atoms with van der Waals surface area (Å²) < 4.78 is 4.91. The minimum atomic E-state index is -0.329. The predicted octanol–water partition coefficient (Wildman–Crippen LogP) is 3.41. The highest BCUT2D eigenvalue weighted by Gasteiger charge is 2.11. The van der Waals surface area contributed by atoms with Crippen LogP contribution < -0.4 is 0 Å². The number of rotatable bonds is 3. The number of hydrogen-bond donors (Lipinski definition) is 0. The normalized spacial score (nSPS) is 9.93. The summed E-state index contributed by atoms with van der Waals surface area (Å²) in [5, 5.41) is 1.15. The molecule has 1 rings (SSSR count). The van der Waals surface area contributed by atoms with Crippen LogP contribution in [0, 0.1) is 0 Å². The Kier molecular flexibility index (Phi) is 4.42. The second-order valence-corrected chi connectivity index (χ2v) is 3.65. The maximum absolute atomic E-state index is 11.5. The third-order valence-corrected chi connectivity index (χ3v) is 2.55. The van der Waals surface area contributed by atoms with Crippen molar-refractivity contribution in [1.82, 2.24) is 0 Å². The first-order valence-electron chi connectivity index (χ1n) is 4.20. The van der Waals surface area contributed by atoms with Crippen molar-refractivity contribution in [2.45, 2.75) is 12.3 Å².